The summed E-state index contributed by atoms with van der Waals surface area (Å²) in [6, 6.07) is -1.67. The van der Waals surface area contributed by atoms with Gasteiger partial charge in [0.25, 0.3) is 0 Å². The quantitative estimate of drug-likeness (QED) is 0.0151. The molecule has 0 radical (unpaired) electrons. The summed E-state index contributed by atoms with van der Waals surface area (Å²) in [4.78, 5) is 94.0. The molecule has 0 aliphatic rings. The molecule has 8 N–H and O–H groups in total. The van der Waals surface area contributed by atoms with Crippen LogP contribution < -0.4 is 27.0 Å². The first-order chi connectivity index (χ1) is 32.2. The van der Waals surface area contributed by atoms with Crippen molar-refractivity contribution in [3.05, 3.63) is 24.3 Å². The lowest BCUT2D eigenvalue weighted by Crippen LogP contribution is -2.43. The highest BCUT2D eigenvalue weighted by molar-refractivity contribution is 7.47. The number of amides is 4. The van der Waals surface area contributed by atoms with E-state index in [0.717, 1.165) is 12.8 Å². The van der Waals surface area contributed by atoms with Crippen LogP contribution in [-0.2, 0) is 74.9 Å². The number of nitrogens with one attached hydrogen (secondary N) is 4. The minimum atomic E-state index is -4.69. The van der Waals surface area contributed by atoms with E-state index in [0.29, 0.717) is 57.9 Å². The Morgan fingerprint density at radius 2 is 1.00 bits per heavy atom. The zero-order chi connectivity index (χ0) is 51.2. The number of hydrogen-bond donors (Lipinski definition) is 7. The summed E-state index contributed by atoms with van der Waals surface area (Å²) in [6.45, 7) is 7.70. The van der Waals surface area contributed by atoms with E-state index in [1.807, 2.05) is 38.2 Å². The number of hydrogen-bond acceptors (Lipinski definition) is 17. The highest BCUT2D eigenvalue weighted by Gasteiger charge is 2.29. The van der Waals surface area contributed by atoms with Crippen LogP contribution in [0, 0.1) is 5.92 Å². The summed E-state index contributed by atoms with van der Waals surface area (Å²) in [7, 11) is -9.37. The second-order valence-corrected chi connectivity index (χ2v) is 18.6. The van der Waals surface area contributed by atoms with E-state index in [2.05, 4.69) is 21.3 Å². The molecule has 0 aliphatic carbocycles. The van der Waals surface area contributed by atoms with Crippen LogP contribution in [0.3, 0.4) is 0 Å². The van der Waals surface area contributed by atoms with Crippen LogP contribution in [0.4, 0.5) is 0 Å². The van der Waals surface area contributed by atoms with Gasteiger partial charge in [0, 0.05) is 52.6 Å². The Morgan fingerprint density at radius 1 is 0.588 bits per heavy atom. The van der Waals surface area contributed by atoms with Crippen LogP contribution >= 0.6 is 15.6 Å². The van der Waals surface area contributed by atoms with E-state index in [9.17, 15) is 47.7 Å². The average Bonchev–Trinajstić information content (AvgIpc) is 3.26. The molecule has 68 heavy (non-hydrogen) atoms. The Balaban J connectivity index is 4.86. The van der Waals surface area contributed by atoms with Crippen molar-refractivity contribution >= 4 is 51.2 Å². The molecule has 0 bridgehead atoms. The fraction of sp³-hybridized carbons (Fsp3) is 0.767. The summed E-state index contributed by atoms with van der Waals surface area (Å²) in [5, 5.41) is 10.0. The predicted molar refractivity (Wildman–Crippen MR) is 250 cm³/mol. The molecule has 0 aliphatic heterocycles. The van der Waals surface area contributed by atoms with Gasteiger partial charge in [0.2, 0.25) is 23.6 Å². The van der Waals surface area contributed by atoms with Gasteiger partial charge in [-0.05, 0) is 72.8 Å². The van der Waals surface area contributed by atoms with Gasteiger partial charge in [-0.15, -0.1) is 0 Å². The fourth-order valence-corrected chi connectivity index (χ4v) is 7.30. The van der Waals surface area contributed by atoms with E-state index >= 15 is 0 Å². The molecule has 0 heterocycles. The molecular weight excluding hydrogens is 936 g/mol. The minimum absolute atomic E-state index is 0.0847. The second kappa shape index (κ2) is 39.2. The Hall–Kier alpha value is -3.60. The third-order valence-electron chi connectivity index (χ3n) is 9.20. The van der Waals surface area contributed by atoms with Gasteiger partial charge >= 0.3 is 27.6 Å². The van der Waals surface area contributed by atoms with Crippen molar-refractivity contribution in [2.45, 2.75) is 136 Å². The molecule has 394 valence electrons. The number of phosphoric acid groups is 2. The number of ether oxygens (including phenoxy) is 4. The average molecular weight is 1020 g/mol. The summed E-state index contributed by atoms with van der Waals surface area (Å²) in [5.74, 6) is -4.23. The molecule has 4 amide bonds. The molecule has 0 rings (SSSR count). The number of allylic oxidation sites excluding steroid dienone is 4. The molecule has 0 saturated carbocycles. The molecule has 0 aromatic carbocycles. The Kier molecular flexibility index (Phi) is 37.1. The molecule has 0 saturated heterocycles. The van der Waals surface area contributed by atoms with Gasteiger partial charge in [0.1, 0.15) is 18.1 Å². The normalized spacial score (nSPS) is 15.6. The van der Waals surface area contributed by atoms with Crippen LogP contribution in [0.2, 0.25) is 0 Å². The SMILES string of the molecule is C/C=C\CCCC(=O)O[C@H](C)CCOCC(COP(=O)(O)OCCNC(=O)C(CCCCN)C(=O)NCCOP(=O)(O)OCC(COCC[C@@H](C)OC(=O)CCC/C=C\C)NC(C)=O)NC(C)=O. The van der Waals surface area contributed by atoms with Gasteiger partial charge in [-0.3, -0.25) is 46.9 Å². The standard InChI is InChI=1S/C43H79N5O18P2/c1-7-9-11-13-18-40(51)65-33(3)20-25-59-29-37(47-35(5)49)31-63-67(55,56)61-27-23-45-42(53)39(17-15-16-22-44)43(54)46-24-28-62-68(57,58)64-32-38(48-36(6)50)30-60-26-21-34(4)66-41(52)19-14-12-10-8-2/h7-10,33-34,37-39H,11-32,44H2,1-6H3,(H,45,53)(H,46,54)(H,47,49)(H,48,50)(H,55,56)(H,57,58)/b9-7-,10-8-/t33-,34-,37?,38?,39?/m1/s1. The van der Waals surface area contributed by atoms with E-state index < -0.39 is 95.9 Å². The van der Waals surface area contributed by atoms with E-state index in [-0.39, 0.29) is 57.9 Å². The molecule has 25 heteroatoms. The molecule has 0 aromatic rings. The lowest BCUT2D eigenvalue weighted by Gasteiger charge is -2.21. The lowest BCUT2D eigenvalue weighted by atomic mass is 10.00. The number of rotatable bonds is 42. The Morgan fingerprint density at radius 3 is 1.37 bits per heavy atom. The summed E-state index contributed by atoms with van der Waals surface area (Å²) < 4.78 is 67.1. The second-order valence-electron chi connectivity index (χ2n) is 15.7. The van der Waals surface area contributed by atoms with Crippen LogP contribution in [0.25, 0.3) is 0 Å². The number of unbranched alkanes of at least 4 members (excludes halogenated alkanes) is 3. The summed E-state index contributed by atoms with van der Waals surface area (Å²) in [6.07, 6.45) is 12.2. The molecular formula is C43H79N5O18P2. The van der Waals surface area contributed by atoms with Crippen molar-refractivity contribution in [2.75, 3.05) is 72.5 Å². The smallest absolute Gasteiger partial charge is 0.463 e. The van der Waals surface area contributed by atoms with Crippen molar-refractivity contribution in [3.8, 4) is 0 Å². The largest absolute Gasteiger partial charge is 0.472 e. The fourth-order valence-electron chi connectivity index (χ4n) is 5.77. The Bertz CT molecular complexity index is 1510. The van der Waals surface area contributed by atoms with Crippen molar-refractivity contribution in [1.29, 1.82) is 0 Å². The highest BCUT2D eigenvalue weighted by atomic mass is 31.2. The van der Waals surface area contributed by atoms with Crippen molar-refractivity contribution < 1.29 is 84.7 Å². The van der Waals surface area contributed by atoms with Gasteiger partial charge in [0.15, 0.2) is 0 Å². The molecule has 0 fully saturated rings. The van der Waals surface area contributed by atoms with Gasteiger partial charge in [-0.2, -0.15) is 0 Å². The third-order valence-corrected chi connectivity index (χ3v) is 11.2. The number of carbonyl (C=O) groups excluding carboxylic acids is 6. The summed E-state index contributed by atoms with van der Waals surface area (Å²) >= 11 is 0. The number of carbonyl (C=O) groups is 6. The minimum Gasteiger partial charge on any atom is -0.463 e. The van der Waals surface area contributed by atoms with Gasteiger partial charge in [-0.25, -0.2) is 9.13 Å². The topological polar surface area (TPSA) is 325 Å². The zero-order valence-corrected chi connectivity index (χ0v) is 42.4. The molecule has 4 unspecified atom stereocenters. The highest BCUT2D eigenvalue weighted by Crippen LogP contribution is 2.43. The monoisotopic (exact) mass is 1020 g/mol. The first-order valence-electron chi connectivity index (χ1n) is 23.0. The Labute approximate surface area is 401 Å². The molecule has 23 nitrogen and oxygen atoms in total. The van der Waals surface area contributed by atoms with Crippen LogP contribution in [0.5, 0.6) is 0 Å². The van der Waals surface area contributed by atoms with Crippen LogP contribution in [0.15, 0.2) is 24.3 Å². The lowest BCUT2D eigenvalue weighted by molar-refractivity contribution is -0.150. The third kappa shape index (κ3) is 37.3. The number of esters is 2. The van der Waals surface area contributed by atoms with Crippen molar-refractivity contribution in [2.24, 2.45) is 11.7 Å². The van der Waals surface area contributed by atoms with Crippen molar-refractivity contribution in [3.63, 3.8) is 0 Å². The van der Waals surface area contributed by atoms with Gasteiger partial charge < -0.3 is 55.7 Å². The van der Waals surface area contributed by atoms with E-state index in [1.165, 1.54) is 13.8 Å². The van der Waals surface area contributed by atoms with Crippen LogP contribution in [-0.4, -0.2) is 142 Å². The maximum atomic E-state index is 13.0. The predicted octanol–water partition coefficient (Wildman–Crippen LogP) is 3.41. The number of phosphoric ester groups is 2. The van der Waals surface area contributed by atoms with E-state index in [4.69, 9.17) is 42.8 Å². The van der Waals surface area contributed by atoms with Gasteiger partial charge in [-0.1, -0.05) is 30.7 Å². The zero-order valence-electron chi connectivity index (χ0n) is 40.7. The number of nitrogens with two attached hydrogens (primary N) is 1. The van der Waals surface area contributed by atoms with Gasteiger partial charge in [0.05, 0.1) is 64.9 Å². The first-order valence-corrected chi connectivity index (χ1v) is 26.0. The summed E-state index contributed by atoms with van der Waals surface area (Å²) in [5.41, 5.74) is 5.58. The molecule has 6 atom stereocenters. The van der Waals surface area contributed by atoms with Crippen molar-refractivity contribution in [1.82, 2.24) is 21.3 Å². The van der Waals surface area contributed by atoms with E-state index in [1.54, 1.807) is 13.8 Å². The molecule has 0 spiro atoms. The first kappa shape index (κ1) is 64.4. The molecule has 0 aromatic heterocycles. The van der Waals surface area contributed by atoms with Crippen LogP contribution in [0.1, 0.15) is 112 Å². The maximum absolute atomic E-state index is 13.0. The maximum Gasteiger partial charge on any atom is 0.472 e.